The van der Waals surface area contributed by atoms with Crippen molar-refractivity contribution in [3.63, 3.8) is 0 Å². The number of nitrogens with one attached hydrogen (secondary N) is 1. The highest BCUT2D eigenvalue weighted by molar-refractivity contribution is 5.81. The van der Waals surface area contributed by atoms with Gasteiger partial charge in [0.25, 0.3) is 0 Å². The minimum Gasteiger partial charge on any atom is -0.467 e. The molecular formula is C13H23NO4. The summed E-state index contributed by atoms with van der Waals surface area (Å²) in [6.07, 6.45) is 2.83. The Morgan fingerprint density at radius 3 is 2.67 bits per heavy atom. The summed E-state index contributed by atoms with van der Waals surface area (Å²) in [5, 5.41) is 12.0. The number of methoxy groups -OCH3 is 1. The molecule has 0 aromatic heterocycles. The Bertz CT molecular complexity index is 314. The molecule has 1 fully saturated rings. The van der Waals surface area contributed by atoms with Crippen molar-refractivity contribution in [3.05, 3.63) is 0 Å². The second kappa shape index (κ2) is 6.18. The molecule has 0 aliphatic heterocycles. The number of carbonyl (C=O) groups is 2. The van der Waals surface area contributed by atoms with E-state index >= 15 is 0 Å². The summed E-state index contributed by atoms with van der Waals surface area (Å²) in [5.41, 5.74) is -0.0153. The molecule has 1 rings (SSSR count). The molecule has 0 bridgehead atoms. The Hall–Kier alpha value is -1.10. The van der Waals surface area contributed by atoms with Crippen LogP contribution in [0.2, 0.25) is 0 Å². The summed E-state index contributed by atoms with van der Waals surface area (Å²) in [4.78, 5) is 23.1. The van der Waals surface area contributed by atoms with Gasteiger partial charge in [-0.15, -0.1) is 0 Å². The van der Waals surface area contributed by atoms with Crippen LogP contribution in [0.25, 0.3) is 0 Å². The SMILES string of the molecule is COC(=O)C(O)CNC(=O)C1CCCCC1(C)C. The smallest absolute Gasteiger partial charge is 0.336 e. The molecule has 0 saturated heterocycles. The van der Waals surface area contributed by atoms with Gasteiger partial charge >= 0.3 is 5.97 Å². The summed E-state index contributed by atoms with van der Waals surface area (Å²) in [7, 11) is 1.21. The van der Waals surface area contributed by atoms with Crippen molar-refractivity contribution >= 4 is 11.9 Å². The lowest BCUT2D eigenvalue weighted by atomic mass is 9.68. The monoisotopic (exact) mass is 257 g/mol. The third-order valence-electron chi connectivity index (χ3n) is 3.77. The molecule has 1 aliphatic carbocycles. The Morgan fingerprint density at radius 2 is 2.11 bits per heavy atom. The van der Waals surface area contributed by atoms with E-state index in [-0.39, 0.29) is 23.8 Å². The first-order valence-electron chi connectivity index (χ1n) is 6.42. The zero-order valence-corrected chi connectivity index (χ0v) is 11.4. The van der Waals surface area contributed by atoms with Crippen LogP contribution in [0.15, 0.2) is 0 Å². The van der Waals surface area contributed by atoms with Crippen LogP contribution in [0.1, 0.15) is 39.5 Å². The lowest BCUT2D eigenvalue weighted by Crippen LogP contribution is -2.45. The van der Waals surface area contributed by atoms with Crippen molar-refractivity contribution in [2.45, 2.75) is 45.6 Å². The van der Waals surface area contributed by atoms with Gasteiger partial charge in [-0.05, 0) is 18.3 Å². The summed E-state index contributed by atoms with van der Waals surface area (Å²) in [6.45, 7) is 4.10. The molecule has 2 N–H and O–H groups in total. The van der Waals surface area contributed by atoms with Crippen molar-refractivity contribution in [3.8, 4) is 0 Å². The number of esters is 1. The summed E-state index contributed by atoms with van der Waals surface area (Å²) in [6, 6.07) is 0. The third kappa shape index (κ3) is 3.70. The molecule has 18 heavy (non-hydrogen) atoms. The van der Waals surface area contributed by atoms with Crippen LogP contribution in [-0.2, 0) is 14.3 Å². The fourth-order valence-electron chi connectivity index (χ4n) is 2.52. The van der Waals surface area contributed by atoms with E-state index in [4.69, 9.17) is 0 Å². The zero-order chi connectivity index (χ0) is 13.8. The predicted octanol–water partition coefficient (Wildman–Crippen LogP) is 0.853. The van der Waals surface area contributed by atoms with Gasteiger partial charge in [-0.1, -0.05) is 26.7 Å². The first-order chi connectivity index (χ1) is 8.38. The summed E-state index contributed by atoms with van der Waals surface area (Å²) in [5.74, 6) is -0.850. The van der Waals surface area contributed by atoms with Gasteiger partial charge in [0.15, 0.2) is 6.10 Å². The van der Waals surface area contributed by atoms with Gasteiger partial charge in [0.2, 0.25) is 5.91 Å². The van der Waals surface area contributed by atoms with Gasteiger partial charge in [-0.3, -0.25) is 4.79 Å². The molecule has 0 heterocycles. The predicted molar refractivity (Wildman–Crippen MR) is 66.8 cm³/mol. The second-order valence-electron chi connectivity index (χ2n) is 5.57. The van der Waals surface area contributed by atoms with Crippen molar-refractivity contribution < 1.29 is 19.4 Å². The zero-order valence-electron chi connectivity index (χ0n) is 11.4. The van der Waals surface area contributed by atoms with Gasteiger partial charge < -0.3 is 15.2 Å². The molecule has 1 aliphatic rings. The highest BCUT2D eigenvalue weighted by Gasteiger charge is 2.37. The van der Waals surface area contributed by atoms with Crippen molar-refractivity contribution in [1.82, 2.24) is 5.32 Å². The maximum Gasteiger partial charge on any atom is 0.336 e. The molecule has 5 heteroatoms. The molecule has 2 unspecified atom stereocenters. The molecular weight excluding hydrogens is 234 g/mol. The maximum absolute atomic E-state index is 12.1. The van der Waals surface area contributed by atoms with E-state index in [2.05, 4.69) is 23.9 Å². The number of carbonyl (C=O) groups excluding carboxylic acids is 2. The van der Waals surface area contributed by atoms with Crippen LogP contribution in [0, 0.1) is 11.3 Å². The topological polar surface area (TPSA) is 75.6 Å². The Morgan fingerprint density at radius 1 is 1.44 bits per heavy atom. The van der Waals surface area contributed by atoms with Crippen LogP contribution in [0.4, 0.5) is 0 Å². The molecule has 0 aromatic carbocycles. The number of ether oxygens (including phenoxy) is 1. The van der Waals surface area contributed by atoms with Crippen LogP contribution < -0.4 is 5.32 Å². The lowest BCUT2D eigenvalue weighted by Gasteiger charge is -2.37. The Labute approximate surface area is 108 Å². The highest BCUT2D eigenvalue weighted by Crippen LogP contribution is 2.40. The molecule has 104 valence electrons. The molecule has 0 spiro atoms. The van der Waals surface area contributed by atoms with Crippen LogP contribution >= 0.6 is 0 Å². The normalized spacial score (nSPS) is 24.1. The number of aliphatic hydroxyl groups is 1. The molecule has 0 aromatic rings. The lowest BCUT2D eigenvalue weighted by molar-refractivity contribution is -0.150. The number of aliphatic hydroxyl groups excluding tert-OH is 1. The molecule has 5 nitrogen and oxygen atoms in total. The van der Waals surface area contributed by atoms with Crippen LogP contribution in [-0.4, -0.2) is 36.7 Å². The Kier molecular flexibility index (Phi) is 5.14. The standard InChI is InChI=1S/C13H23NO4/c1-13(2)7-5-4-6-9(13)11(16)14-8-10(15)12(17)18-3/h9-10,15H,4-8H2,1-3H3,(H,14,16). The van der Waals surface area contributed by atoms with Crippen molar-refractivity contribution in [2.24, 2.45) is 11.3 Å². The van der Waals surface area contributed by atoms with Gasteiger partial charge in [-0.2, -0.15) is 0 Å². The van der Waals surface area contributed by atoms with E-state index in [9.17, 15) is 14.7 Å². The van der Waals surface area contributed by atoms with E-state index < -0.39 is 12.1 Å². The van der Waals surface area contributed by atoms with E-state index in [1.54, 1.807) is 0 Å². The number of hydrogen-bond acceptors (Lipinski definition) is 4. The van der Waals surface area contributed by atoms with E-state index in [0.29, 0.717) is 0 Å². The third-order valence-corrected chi connectivity index (χ3v) is 3.77. The van der Waals surface area contributed by atoms with E-state index in [0.717, 1.165) is 25.7 Å². The van der Waals surface area contributed by atoms with Crippen molar-refractivity contribution in [1.29, 1.82) is 0 Å². The summed E-state index contributed by atoms with van der Waals surface area (Å²) >= 11 is 0. The largest absolute Gasteiger partial charge is 0.467 e. The van der Waals surface area contributed by atoms with Crippen LogP contribution in [0.3, 0.4) is 0 Å². The number of amides is 1. The molecule has 1 saturated carbocycles. The average Bonchev–Trinajstić information content (AvgIpc) is 2.33. The van der Waals surface area contributed by atoms with Gasteiger partial charge in [-0.25, -0.2) is 4.79 Å². The molecule has 0 radical (unpaired) electrons. The maximum atomic E-state index is 12.1. The number of rotatable bonds is 4. The molecule has 2 atom stereocenters. The fourth-order valence-corrected chi connectivity index (χ4v) is 2.52. The second-order valence-corrected chi connectivity index (χ2v) is 5.57. The van der Waals surface area contributed by atoms with Gasteiger partial charge in [0.05, 0.1) is 13.7 Å². The van der Waals surface area contributed by atoms with Crippen molar-refractivity contribution in [2.75, 3.05) is 13.7 Å². The average molecular weight is 257 g/mol. The van der Waals surface area contributed by atoms with E-state index in [1.165, 1.54) is 7.11 Å². The quantitative estimate of drug-likeness (QED) is 0.732. The van der Waals surface area contributed by atoms with Crippen LogP contribution in [0.5, 0.6) is 0 Å². The fraction of sp³-hybridized carbons (Fsp3) is 0.846. The number of hydrogen-bond donors (Lipinski definition) is 2. The summed E-state index contributed by atoms with van der Waals surface area (Å²) < 4.78 is 4.39. The van der Waals surface area contributed by atoms with Gasteiger partial charge in [0, 0.05) is 5.92 Å². The van der Waals surface area contributed by atoms with Gasteiger partial charge in [0.1, 0.15) is 0 Å². The first kappa shape index (κ1) is 15.0. The Balaban J connectivity index is 2.47. The molecule has 1 amide bonds. The minimum atomic E-state index is -1.29. The van der Waals surface area contributed by atoms with E-state index in [1.807, 2.05) is 0 Å². The highest BCUT2D eigenvalue weighted by atomic mass is 16.5. The minimum absolute atomic E-state index is 0.0153. The first-order valence-corrected chi connectivity index (χ1v) is 6.42.